The Hall–Kier alpha value is -0.760. The van der Waals surface area contributed by atoms with Crippen molar-refractivity contribution >= 4 is 17.4 Å². The monoisotopic (exact) mass is 214 g/mol. The maximum absolute atomic E-state index is 11.6. The fraction of sp³-hybridized carbons (Fsp3) is 0.545. The minimum absolute atomic E-state index is 0.0202. The molecular weight excluding hydrogens is 200 g/mol. The molecule has 0 spiro atoms. The van der Waals surface area contributed by atoms with Gasteiger partial charge in [0.2, 0.25) is 0 Å². The van der Waals surface area contributed by atoms with Crippen molar-refractivity contribution in [2.75, 3.05) is 0 Å². The molecule has 0 radical (unpaired) electrons. The molecule has 0 saturated carbocycles. The molecule has 0 bridgehead atoms. The van der Waals surface area contributed by atoms with Crippen molar-refractivity contribution < 1.29 is 9.21 Å². The van der Waals surface area contributed by atoms with Crippen LogP contribution in [0.15, 0.2) is 16.5 Å². The number of hydrogen-bond acceptors (Lipinski definition) is 2. The Kier molecular flexibility index (Phi) is 3.38. The molecule has 3 heteroatoms. The van der Waals surface area contributed by atoms with Crippen molar-refractivity contribution in [1.82, 2.24) is 0 Å². The number of ketones is 1. The van der Waals surface area contributed by atoms with Gasteiger partial charge in [0.15, 0.2) is 16.8 Å². The molecule has 0 atom stereocenters. The topological polar surface area (TPSA) is 30.2 Å². The molecule has 1 heterocycles. The van der Waals surface area contributed by atoms with Crippen LogP contribution in [0.1, 0.15) is 44.2 Å². The van der Waals surface area contributed by atoms with Gasteiger partial charge < -0.3 is 4.42 Å². The van der Waals surface area contributed by atoms with Crippen LogP contribution in [0.5, 0.6) is 0 Å². The highest BCUT2D eigenvalue weighted by Crippen LogP contribution is 2.23. The number of halogens is 1. The first kappa shape index (κ1) is 11.3. The first-order valence-corrected chi connectivity index (χ1v) is 5.05. The van der Waals surface area contributed by atoms with Gasteiger partial charge >= 0.3 is 0 Å². The number of furan rings is 1. The zero-order valence-corrected chi connectivity index (χ0v) is 9.52. The van der Waals surface area contributed by atoms with E-state index >= 15 is 0 Å². The van der Waals surface area contributed by atoms with E-state index in [9.17, 15) is 4.79 Å². The van der Waals surface area contributed by atoms with Gasteiger partial charge in [-0.25, -0.2) is 0 Å². The minimum atomic E-state index is 0.0202. The van der Waals surface area contributed by atoms with E-state index in [4.69, 9.17) is 16.0 Å². The van der Waals surface area contributed by atoms with E-state index < -0.39 is 0 Å². The lowest BCUT2D eigenvalue weighted by molar-refractivity contribution is 0.0939. The van der Waals surface area contributed by atoms with Crippen molar-refractivity contribution in [2.24, 2.45) is 5.41 Å². The second-order valence-corrected chi connectivity index (χ2v) is 4.96. The fourth-order valence-corrected chi connectivity index (χ4v) is 1.22. The molecular formula is C11H15ClO2. The molecule has 2 nitrogen and oxygen atoms in total. The first-order chi connectivity index (χ1) is 6.38. The van der Waals surface area contributed by atoms with Gasteiger partial charge in [-0.3, -0.25) is 4.79 Å². The Bertz CT molecular complexity index is 320. The quantitative estimate of drug-likeness (QED) is 0.714. The van der Waals surface area contributed by atoms with Crippen LogP contribution in [0.2, 0.25) is 5.22 Å². The van der Waals surface area contributed by atoms with Gasteiger partial charge in [0.25, 0.3) is 0 Å². The first-order valence-electron chi connectivity index (χ1n) is 4.67. The molecule has 0 N–H and O–H groups in total. The Morgan fingerprint density at radius 3 is 2.50 bits per heavy atom. The van der Waals surface area contributed by atoms with E-state index in [1.165, 1.54) is 0 Å². The summed E-state index contributed by atoms with van der Waals surface area (Å²) >= 11 is 5.58. The van der Waals surface area contributed by atoms with Crippen molar-refractivity contribution in [1.29, 1.82) is 0 Å². The summed E-state index contributed by atoms with van der Waals surface area (Å²) in [7, 11) is 0. The van der Waals surface area contributed by atoms with Crippen LogP contribution in [-0.4, -0.2) is 5.78 Å². The Balaban J connectivity index is 2.52. The fourth-order valence-electron chi connectivity index (χ4n) is 1.08. The Morgan fingerprint density at radius 1 is 1.43 bits per heavy atom. The molecule has 0 saturated heterocycles. The second kappa shape index (κ2) is 4.18. The Labute approximate surface area is 89.2 Å². The predicted octanol–water partition coefficient (Wildman–Crippen LogP) is 3.94. The van der Waals surface area contributed by atoms with Gasteiger partial charge in [-0.2, -0.15) is 0 Å². The van der Waals surface area contributed by atoms with Crippen molar-refractivity contribution in [3.63, 3.8) is 0 Å². The summed E-state index contributed by atoms with van der Waals surface area (Å²) in [5, 5.41) is 0.268. The van der Waals surface area contributed by atoms with Gasteiger partial charge in [-0.05, 0) is 35.6 Å². The summed E-state index contributed by atoms with van der Waals surface area (Å²) in [6.45, 7) is 6.32. The van der Waals surface area contributed by atoms with E-state index in [1.807, 2.05) is 0 Å². The van der Waals surface area contributed by atoms with Gasteiger partial charge in [-0.1, -0.05) is 20.8 Å². The molecule has 1 aromatic rings. The average Bonchev–Trinajstić information content (AvgIpc) is 2.46. The largest absolute Gasteiger partial charge is 0.442 e. The molecule has 1 aromatic heterocycles. The van der Waals surface area contributed by atoms with E-state index in [0.717, 1.165) is 6.42 Å². The van der Waals surface area contributed by atoms with Crippen molar-refractivity contribution in [3.05, 3.63) is 23.1 Å². The number of Topliss-reactive ketones (excluding diaryl/α,β-unsaturated/α-hetero) is 1. The lowest BCUT2D eigenvalue weighted by atomic mass is 9.89. The van der Waals surface area contributed by atoms with Crippen molar-refractivity contribution in [2.45, 2.75) is 33.6 Å². The van der Waals surface area contributed by atoms with Crippen molar-refractivity contribution in [3.8, 4) is 0 Å². The van der Waals surface area contributed by atoms with Crippen LogP contribution in [-0.2, 0) is 0 Å². The average molecular weight is 215 g/mol. The summed E-state index contributed by atoms with van der Waals surface area (Å²) in [6, 6.07) is 3.21. The van der Waals surface area contributed by atoms with E-state index in [2.05, 4.69) is 20.8 Å². The molecule has 0 aromatic carbocycles. The summed E-state index contributed by atoms with van der Waals surface area (Å²) in [6.07, 6.45) is 1.36. The standard InChI is InChI=1S/C11H15ClO2/c1-11(2,3)7-6-8(13)9-4-5-10(12)14-9/h4-5H,6-7H2,1-3H3. The lowest BCUT2D eigenvalue weighted by Crippen LogP contribution is -2.08. The molecule has 0 aliphatic rings. The van der Waals surface area contributed by atoms with Crippen LogP contribution in [0.4, 0.5) is 0 Å². The number of carbonyl (C=O) groups excluding carboxylic acids is 1. The molecule has 0 unspecified atom stereocenters. The molecule has 0 amide bonds. The smallest absolute Gasteiger partial charge is 0.198 e. The number of carbonyl (C=O) groups is 1. The van der Waals surface area contributed by atoms with Gasteiger partial charge in [0.1, 0.15) is 0 Å². The Morgan fingerprint density at radius 2 is 2.07 bits per heavy atom. The van der Waals surface area contributed by atoms with Crippen LogP contribution in [0, 0.1) is 5.41 Å². The number of rotatable bonds is 3. The minimum Gasteiger partial charge on any atom is -0.442 e. The maximum atomic E-state index is 11.6. The third-order valence-corrected chi connectivity index (χ3v) is 2.15. The van der Waals surface area contributed by atoms with E-state index in [0.29, 0.717) is 12.2 Å². The number of hydrogen-bond donors (Lipinski definition) is 0. The highest BCUT2D eigenvalue weighted by Gasteiger charge is 2.16. The van der Waals surface area contributed by atoms with E-state index in [-0.39, 0.29) is 16.4 Å². The lowest BCUT2D eigenvalue weighted by Gasteiger charge is -2.16. The van der Waals surface area contributed by atoms with Crippen LogP contribution in [0.25, 0.3) is 0 Å². The zero-order chi connectivity index (χ0) is 10.8. The van der Waals surface area contributed by atoms with Gasteiger partial charge in [0, 0.05) is 6.42 Å². The molecule has 0 fully saturated rings. The summed E-state index contributed by atoms with van der Waals surface area (Å²) in [4.78, 5) is 11.6. The van der Waals surface area contributed by atoms with Gasteiger partial charge in [0.05, 0.1) is 0 Å². The van der Waals surface area contributed by atoms with Gasteiger partial charge in [-0.15, -0.1) is 0 Å². The van der Waals surface area contributed by atoms with Crippen LogP contribution < -0.4 is 0 Å². The maximum Gasteiger partial charge on any atom is 0.198 e. The highest BCUT2D eigenvalue weighted by molar-refractivity contribution is 6.29. The normalized spacial score (nSPS) is 11.7. The summed E-state index contributed by atoms with van der Waals surface area (Å²) in [5.74, 6) is 0.381. The SMILES string of the molecule is CC(C)(C)CCC(=O)c1ccc(Cl)o1. The van der Waals surface area contributed by atoms with Crippen LogP contribution in [0.3, 0.4) is 0 Å². The third kappa shape index (κ3) is 3.54. The predicted molar refractivity (Wildman–Crippen MR) is 56.7 cm³/mol. The molecule has 14 heavy (non-hydrogen) atoms. The summed E-state index contributed by atoms with van der Waals surface area (Å²) in [5.41, 5.74) is 0.173. The second-order valence-electron chi connectivity index (χ2n) is 4.59. The third-order valence-electron chi connectivity index (χ3n) is 1.95. The molecule has 78 valence electrons. The summed E-state index contributed by atoms with van der Waals surface area (Å²) < 4.78 is 5.03. The zero-order valence-electron chi connectivity index (χ0n) is 8.76. The van der Waals surface area contributed by atoms with E-state index in [1.54, 1.807) is 12.1 Å². The molecule has 0 aliphatic heterocycles. The van der Waals surface area contributed by atoms with Crippen LogP contribution >= 0.6 is 11.6 Å². The highest BCUT2D eigenvalue weighted by atomic mass is 35.5. The molecule has 1 rings (SSSR count). The molecule has 0 aliphatic carbocycles.